The average molecular weight is 420 g/mol. The van der Waals surface area contributed by atoms with Crippen molar-refractivity contribution in [3.05, 3.63) is 89.5 Å². The lowest BCUT2D eigenvalue weighted by Gasteiger charge is -2.08. The number of benzene rings is 3. The first kappa shape index (κ1) is 21.2. The van der Waals surface area contributed by atoms with E-state index in [4.69, 9.17) is 10.4 Å². The van der Waals surface area contributed by atoms with Gasteiger partial charge in [-0.2, -0.15) is 5.26 Å². The number of rotatable bonds is 7. The third kappa shape index (κ3) is 5.77. The molecule has 0 aliphatic rings. The Balaban J connectivity index is 1.57. The molecule has 3 aromatic rings. The molecule has 6 nitrogen and oxygen atoms in total. The Labute approximate surface area is 176 Å². The number of aryl methyl sites for hydroxylation is 1. The normalized spacial score (nSPS) is 10.9. The molecule has 0 unspecified atom stereocenters. The van der Waals surface area contributed by atoms with Crippen molar-refractivity contribution in [1.29, 1.82) is 5.26 Å². The minimum absolute atomic E-state index is 0.0535. The van der Waals surface area contributed by atoms with Crippen LogP contribution in [-0.2, 0) is 27.8 Å². The summed E-state index contributed by atoms with van der Waals surface area (Å²) in [7, 11) is -3.72. The van der Waals surface area contributed by atoms with Crippen LogP contribution >= 0.6 is 0 Å². The van der Waals surface area contributed by atoms with Gasteiger partial charge in [0.05, 0.1) is 16.5 Å². The molecule has 0 heterocycles. The van der Waals surface area contributed by atoms with Crippen LogP contribution in [0.3, 0.4) is 0 Å². The van der Waals surface area contributed by atoms with Gasteiger partial charge < -0.3 is 5.32 Å². The van der Waals surface area contributed by atoms with Gasteiger partial charge in [-0.3, -0.25) is 4.79 Å². The van der Waals surface area contributed by atoms with Gasteiger partial charge in [-0.1, -0.05) is 48.5 Å². The Hall–Kier alpha value is -3.47. The molecule has 0 fully saturated rings. The van der Waals surface area contributed by atoms with Crippen molar-refractivity contribution in [3.63, 3.8) is 0 Å². The number of hydrogen-bond donors (Lipinski definition) is 2. The van der Waals surface area contributed by atoms with Crippen LogP contribution in [0.2, 0.25) is 0 Å². The summed E-state index contributed by atoms with van der Waals surface area (Å²) in [5.41, 5.74) is 4.34. The molecule has 0 aliphatic carbocycles. The number of carbonyl (C=O) groups is 1. The Bertz CT molecular complexity index is 1180. The van der Waals surface area contributed by atoms with E-state index in [1.54, 1.807) is 24.3 Å². The smallest absolute Gasteiger partial charge is 0.238 e. The maximum absolute atomic E-state index is 12.2. The lowest BCUT2D eigenvalue weighted by molar-refractivity contribution is -0.121. The van der Waals surface area contributed by atoms with Gasteiger partial charge in [0.2, 0.25) is 15.9 Å². The van der Waals surface area contributed by atoms with Crippen LogP contribution < -0.4 is 10.5 Å². The quantitative estimate of drug-likeness (QED) is 0.612. The molecule has 0 saturated carbocycles. The van der Waals surface area contributed by atoms with E-state index in [0.717, 1.165) is 22.3 Å². The molecule has 0 saturated heterocycles. The zero-order valence-corrected chi connectivity index (χ0v) is 17.0. The van der Waals surface area contributed by atoms with Crippen LogP contribution in [0, 0.1) is 11.3 Å². The van der Waals surface area contributed by atoms with E-state index in [9.17, 15) is 13.2 Å². The monoisotopic (exact) mass is 419 g/mol. The van der Waals surface area contributed by atoms with Crippen molar-refractivity contribution >= 4 is 15.9 Å². The van der Waals surface area contributed by atoms with Crippen LogP contribution in [0.25, 0.3) is 11.1 Å². The number of nitrogens with two attached hydrogens (primary N) is 1. The number of primary sulfonamides is 1. The third-order valence-corrected chi connectivity index (χ3v) is 5.59. The molecule has 0 radical (unpaired) electrons. The van der Waals surface area contributed by atoms with E-state index in [2.05, 4.69) is 11.4 Å². The summed E-state index contributed by atoms with van der Waals surface area (Å²) in [4.78, 5) is 12.2. The zero-order valence-electron chi connectivity index (χ0n) is 16.2. The van der Waals surface area contributed by atoms with Gasteiger partial charge >= 0.3 is 0 Å². The molecule has 30 heavy (non-hydrogen) atoms. The van der Waals surface area contributed by atoms with Crippen LogP contribution in [-0.4, -0.2) is 14.3 Å². The summed E-state index contributed by atoms with van der Waals surface area (Å²) in [6.07, 6.45) is 0.937. The third-order valence-electron chi connectivity index (χ3n) is 4.66. The van der Waals surface area contributed by atoms with Gasteiger partial charge in [0.25, 0.3) is 0 Å². The predicted octanol–water partition coefficient (Wildman–Crippen LogP) is 3.12. The molecule has 0 bridgehead atoms. The highest BCUT2D eigenvalue weighted by Crippen LogP contribution is 2.22. The van der Waals surface area contributed by atoms with Crippen molar-refractivity contribution in [2.75, 3.05) is 0 Å². The first-order valence-corrected chi connectivity index (χ1v) is 10.9. The van der Waals surface area contributed by atoms with Crippen molar-refractivity contribution in [3.8, 4) is 17.2 Å². The van der Waals surface area contributed by atoms with Crippen molar-refractivity contribution in [2.24, 2.45) is 5.14 Å². The van der Waals surface area contributed by atoms with E-state index in [0.29, 0.717) is 24.9 Å². The molecule has 0 atom stereocenters. The molecular weight excluding hydrogens is 398 g/mol. The second kappa shape index (κ2) is 9.35. The van der Waals surface area contributed by atoms with Crippen LogP contribution in [0.15, 0.2) is 77.7 Å². The molecular formula is C23H21N3O3S. The number of nitrogens with zero attached hydrogens (tertiary/aromatic N) is 1. The first-order valence-electron chi connectivity index (χ1n) is 9.33. The van der Waals surface area contributed by atoms with Gasteiger partial charge in [0, 0.05) is 13.0 Å². The van der Waals surface area contributed by atoms with Crippen LogP contribution in [0.1, 0.15) is 23.1 Å². The standard InChI is InChI=1S/C23H21N3O3S/c24-15-18-4-6-19(7-5-18)16-26-23(27)13-8-17-2-1-3-21(14-17)20-9-11-22(12-10-20)30(25,28)29/h1-7,9-12,14H,8,13,16H2,(H,26,27)(H2,25,28,29). The van der Waals surface area contributed by atoms with E-state index < -0.39 is 10.0 Å². The highest BCUT2D eigenvalue weighted by molar-refractivity contribution is 7.89. The fraction of sp³-hybridized carbons (Fsp3) is 0.130. The summed E-state index contributed by atoms with van der Waals surface area (Å²) < 4.78 is 22.8. The lowest BCUT2D eigenvalue weighted by Crippen LogP contribution is -2.22. The van der Waals surface area contributed by atoms with E-state index in [1.165, 1.54) is 12.1 Å². The van der Waals surface area contributed by atoms with E-state index >= 15 is 0 Å². The number of nitriles is 1. The van der Waals surface area contributed by atoms with Crippen molar-refractivity contribution in [1.82, 2.24) is 5.32 Å². The second-order valence-corrected chi connectivity index (χ2v) is 8.42. The SMILES string of the molecule is N#Cc1ccc(CNC(=O)CCc2cccc(-c3ccc(S(N)(=O)=O)cc3)c2)cc1. The van der Waals surface area contributed by atoms with E-state index in [1.807, 2.05) is 36.4 Å². The largest absolute Gasteiger partial charge is 0.352 e. The number of carbonyl (C=O) groups excluding carboxylic acids is 1. The molecule has 7 heteroatoms. The molecule has 152 valence electrons. The Morgan fingerprint density at radius 1 is 0.933 bits per heavy atom. The number of amides is 1. The highest BCUT2D eigenvalue weighted by Gasteiger charge is 2.08. The molecule has 0 aliphatic heterocycles. The topological polar surface area (TPSA) is 113 Å². The average Bonchev–Trinajstić information content (AvgIpc) is 2.76. The summed E-state index contributed by atoms with van der Waals surface area (Å²) in [5.74, 6) is -0.0535. The molecule has 3 aromatic carbocycles. The van der Waals surface area contributed by atoms with Crippen LogP contribution in [0.4, 0.5) is 0 Å². The lowest BCUT2D eigenvalue weighted by atomic mass is 10.0. The molecule has 1 amide bonds. The summed E-state index contributed by atoms with van der Waals surface area (Å²) >= 11 is 0. The van der Waals surface area contributed by atoms with Gasteiger partial charge in [-0.25, -0.2) is 13.6 Å². The van der Waals surface area contributed by atoms with Crippen molar-refractivity contribution in [2.45, 2.75) is 24.3 Å². The Morgan fingerprint density at radius 2 is 1.63 bits per heavy atom. The summed E-state index contributed by atoms with van der Waals surface area (Å²) in [6, 6.07) is 23.3. The van der Waals surface area contributed by atoms with Gasteiger partial charge in [-0.05, 0) is 52.9 Å². The summed E-state index contributed by atoms with van der Waals surface area (Å²) in [5, 5.41) is 16.8. The minimum atomic E-state index is -3.72. The van der Waals surface area contributed by atoms with Crippen LogP contribution in [0.5, 0.6) is 0 Å². The van der Waals surface area contributed by atoms with E-state index in [-0.39, 0.29) is 10.8 Å². The predicted molar refractivity (Wildman–Crippen MR) is 115 cm³/mol. The Kier molecular flexibility index (Phi) is 6.62. The molecule has 3 N–H and O–H groups in total. The van der Waals surface area contributed by atoms with Crippen molar-refractivity contribution < 1.29 is 13.2 Å². The maximum atomic E-state index is 12.2. The fourth-order valence-electron chi connectivity index (χ4n) is 2.99. The Morgan fingerprint density at radius 3 is 2.27 bits per heavy atom. The fourth-order valence-corrected chi connectivity index (χ4v) is 3.50. The summed E-state index contributed by atoms with van der Waals surface area (Å²) in [6.45, 7) is 0.418. The van der Waals surface area contributed by atoms with Gasteiger partial charge in [0.1, 0.15) is 0 Å². The zero-order chi connectivity index (χ0) is 21.6. The molecule has 0 spiro atoms. The number of hydrogen-bond acceptors (Lipinski definition) is 4. The maximum Gasteiger partial charge on any atom is 0.238 e. The van der Waals surface area contributed by atoms with Gasteiger partial charge in [0.15, 0.2) is 0 Å². The second-order valence-electron chi connectivity index (χ2n) is 6.86. The number of nitrogens with one attached hydrogen (secondary N) is 1. The molecule has 3 rings (SSSR count). The highest BCUT2D eigenvalue weighted by atomic mass is 32.2. The number of sulfonamides is 1. The minimum Gasteiger partial charge on any atom is -0.352 e. The first-order chi connectivity index (χ1) is 14.3. The molecule has 0 aromatic heterocycles. The van der Waals surface area contributed by atoms with Gasteiger partial charge in [-0.15, -0.1) is 0 Å².